The number of aromatic hydroxyl groups is 1. The molecule has 42 heavy (non-hydrogen) atoms. The molecule has 226 valence electrons. The molecule has 2 aliphatic heterocycles. The molecule has 1 atom stereocenters. The molecular formula is C31H38F3N5O3. The molecule has 0 unspecified atom stereocenters. The molecule has 1 N–H and O–H groups in total. The van der Waals surface area contributed by atoms with Crippen LogP contribution in [0, 0.1) is 6.92 Å². The Labute approximate surface area is 244 Å². The Bertz CT molecular complexity index is 1500. The van der Waals surface area contributed by atoms with E-state index in [1.807, 2.05) is 40.9 Å². The Morgan fingerprint density at radius 2 is 1.88 bits per heavy atom. The van der Waals surface area contributed by atoms with E-state index < -0.39 is 23.1 Å². The zero-order valence-electron chi connectivity index (χ0n) is 24.9. The predicted molar refractivity (Wildman–Crippen MR) is 158 cm³/mol. The molecular weight excluding hydrogens is 547 g/mol. The van der Waals surface area contributed by atoms with Gasteiger partial charge in [0.05, 0.1) is 34.7 Å². The lowest BCUT2D eigenvalue weighted by Crippen LogP contribution is -2.61. The summed E-state index contributed by atoms with van der Waals surface area (Å²) in [6.07, 6.45) is -3.18. The van der Waals surface area contributed by atoms with Gasteiger partial charge >= 0.3 is 12.3 Å². The molecule has 2 aliphatic rings. The van der Waals surface area contributed by atoms with Crippen molar-refractivity contribution in [3.63, 3.8) is 0 Å². The highest BCUT2D eigenvalue weighted by molar-refractivity contribution is 6.02. The van der Waals surface area contributed by atoms with Crippen LogP contribution in [0.15, 0.2) is 36.5 Å². The monoisotopic (exact) mass is 585 g/mol. The fourth-order valence-electron chi connectivity index (χ4n) is 5.87. The summed E-state index contributed by atoms with van der Waals surface area (Å²) in [5.41, 5.74) is 1.59. The number of alkyl halides is 3. The first kappa shape index (κ1) is 29.8. The van der Waals surface area contributed by atoms with Crippen LogP contribution in [0.5, 0.6) is 5.75 Å². The third kappa shape index (κ3) is 5.79. The number of carbonyl (C=O) groups is 1. The van der Waals surface area contributed by atoms with Crippen molar-refractivity contribution in [2.75, 3.05) is 63.2 Å². The number of carbonyl (C=O) groups excluding carboxylic acids is 1. The summed E-state index contributed by atoms with van der Waals surface area (Å²) < 4.78 is 47.5. The van der Waals surface area contributed by atoms with Gasteiger partial charge in [-0.3, -0.25) is 4.98 Å². The number of phenols is 1. The Kier molecular flexibility index (Phi) is 7.67. The van der Waals surface area contributed by atoms with Gasteiger partial charge < -0.3 is 29.4 Å². The van der Waals surface area contributed by atoms with E-state index in [-0.39, 0.29) is 23.3 Å². The molecule has 2 aromatic carbocycles. The largest absolute Gasteiger partial charge is 0.507 e. The molecule has 3 aromatic rings. The number of halogens is 3. The van der Waals surface area contributed by atoms with Crippen LogP contribution in [0.2, 0.25) is 0 Å². The topological polar surface area (TPSA) is 72.4 Å². The SMILES string of the molecule is Cc1cc2c3c(cnc2cc1-c1c(O)cccc1C(F)(F)F)N(CCN(C)C)C[C@H]1CN(C(=O)OC(C)(C)C)CCN31. The zero-order chi connectivity index (χ0) is 30.6. The molecule has 1 amide bonds. The number of anilines is 2. The molecule has 3 heterocycles. The molecule has 5 rings (SSSR count). The van der Waals surface area contributed by atoms with Gasteiger partial charge in [-0.25, -0.2) is 4.79 Å². The number of nitrogens with zero attached hydrogens (tertiary/aromatic N) is 5. The summed E-state index contributed by atoms with van der Waals surface area (Å²) in [4.78, 5) is 26.1. The predicted octanol–water partition coefficient (Wildman–Crippen LogP) is 5.74. The van der Waals surface area contributed by atoms with Crippen LogP contribution < -0.4 is 9.80 Å². The van der Waals surface area contributed by atoms with E-state index in [9.17, 15) is 23.1 Å². The van der Waals surface area contributed by atoms with Crippen molar-refractivity contribution in [1.29, 1.82) is 0 Å². The van der Waals surface area contributed by atoms with Gasteiger partial charge in [-0.05, 0) is 77.2 Å². The number of fused-ring (bicyclic) bond motifs is 5. The van der Waals surface area contributed by atoms with E-state index in [4.69, 9.17) is 9.72 Å². The maximum atomic E-state index is 13.9. The lowest BCUT2D eigenvalue weighted by Gasteiger charge is -2.50. The fourth-order valence-corrected chi connectivity index (χ4v) is 5.87. The lowest BCUT2D eigenvalue weighted by molar-refractivity contribution is -0.137. The summed E-state index contributed by atoms with van der Waals surface area (Å²) in [5, 5.41) is 11.4. The Hall–Kier alpha value is -3.73. The van der Waals surface area contributed by atoms with Gasteiger partial charge in [-0.2, -0.15) is 13.2 Å². The first-order valence-electron chi connectivity index (χ1n) is 14.1. The molecule has 0 spiro atoms. The number of hydrogen-bond acceptors (Lipinski definition) is 7. The zero-order valence-corrected chi connectivity index (χ0v) is 24.9. The minimum Gasteiger partial charge on any atom is -0.507 e. The molecule has 1 aromatic heterocycles. The first-order valence-corrected chi connectivity index (χ1v) is 14.1. The first-order chi connectivity index (χ1) is 19.6. The van der Waals surface area contributed by atoms with Crippen LogP contribution in [-0.4, -0.2) is 91.0 Å². The van der Waals surface area contributed by atoms with Crippen LogP contribution in [0.3, 0.4) is 0 Å². The minimum atomic E-state index is -4.63. The van der Waals surface area contributed by atoms with Crippen LogP contribution in [0.1, 0.15) is 31.9 Å². The second-order valence-electron chi connectivity index (χ2n) is 12.4. The number of benzene rings is 2. The van der Waals surface area contributed by atoms with Crippen LogP contribution in [0.4, 0.5) is 29.3 Å². The standard InChI is InChI=1S/C31H38F3N5O3/c1-19-14-22-24(15-21(19)27-23(31(32,33)34)8-7-9-26(27)40)35-16-25-28(22)39-13-12-38(29(41)42-30(2,3)4)18-20(39)17-37(25)11-10-36(5)6/h7-9,14-16,20,40H,10-13,17-18H2,1-6H3/t20-/m0/s1. The van der Waals surface area contributed by atoms with Gasteiger partial charge in [0.25, 0.3) is 0 Å². The number of phenolic OH excluding ortho intramolecular Hbond substituents is 1. The highest BCUT2D eigenvalue weighted by Crippen LogP contribution is 2.46. The average molecular weight is 586 g/mol. The number of pyridine rings is 1. The van der Waals surface area contributed by atoms with E-state index in [2.05, 4.69) is 14.7 Å². The molecule has 0 radical (unpaired) electrons. The van der Waals surface area contributed by atoms with E-state index in [1.165, 1.54) is 12.1 Å². The van der Waals surface area contributed by atoms with Crippen molar-refractivity contribution >= 4 is 28.4 Å². The number of amides is 1. The summed E-state index contributed by atoms with van der Waals surface area (Å²) in [5.74, 6) is -0.432. The van der Waals surface area contributed by atoms with Gasteiger partial charge in [-0.1, -0.05) is 6.07 Å². The highest BCUT2D eigenvalue weighted by Gasteiger charge is 2.39. The van der Waals surface area contributed by atoms with Gasteiger partial charge in [-0.15, -0.1) is 0 Å². The maximum absolute atomic E-state index is 13.9. The lowest BCUT2D eigenvalue weighted by atomic mass is 9.92. The van der Waals surface area contributed by atoms with Crippen LogP contribution in [-0.2, 0) is 10.9 Å². The van der Waals surface area contributed by atoms with Gasteiger partial charge in [0.1, 0.15) is 11.4 Å². The van der Waals surface area contributed by atoms with Gasteiger partial charge in [0.2, 0.25) is 0 Å². The smallest absolute Gasteiger partial charge is 0.417 e. The number of rotatable bonds is 4. The van der Waals surface area contributed by atoms with Crippen molar-refractivity contribution in [1.82, 2.24) is 14.8 Å². The summed E-state index contributed by atoms with van der Waals surface area (Å²) in [6, 6.07) is 6.95. The molecule has 11 heteroatoms. The molecule has 0 saturated carbocycles. The van der Waals surface area contributed by atoms with E-state index in [0.29, 0.717) is 37.3 Å². The summed E-state index contributed by atoms with van der Waals surface area (Å²) in [6.45, 7) is 11.1. The van der Waals surface area contributed by atoms with E-state index >= 15 is 0 Å². The van der Waals surface area contributed by atoms with Crippen molar-refractivity contribution < 1.29 is 27.8 Å². The molecule has 0 aliphatic carbocycles. The summed E-state index contributed by atoms with van der Waals surface area (Å²) in [7, 11) is 4.03. The fraction of sp³-hybridized carbons (Fsp3) is 0.484. The highest BCUT2D eigenvalue weighted by atomic mass is 19.4. The number of piperazine rings is 1. The van der Waals surface area contributed by atoms with Crippen molar-refractivity contribution in [2.45, 2.75) is 45.5 Å². The number of aryl methyl sites for hydroxylation is 1. The third-order valence-corrected chi connectivity index (χ3v) is 7.79. The van der Waals surface area contributed by atoms with Crippen LogP contribution in [0.25, 0.3) is 22.0 Å². The minimum absolute atomic E-state index is 0.0125. The van der Waals surface area contributed by atoms with Gasteiger partial charge in [0.15, 0.2) is 0 Å². The number of hydrogen-bond donors (Lipinski definition) is 1. The third-order valence-electron chi connectivity index (χ3n) is 7.79. The van der Waals surface area contributed by atoms with Crippen LogP contribution >= 0.6 is 0 Å². The number of ether oxygens (including phenoxy) is 1. The second-order valence-corrected chi connectivity index (χ2v) is 12.4. The normalized spacial score (nSPS) is 17.5. The van der Waals surface area contributed by atoms with E-state index in [0.717, 1.165) is 35.9 Å². The molecule has 0 bridgehead atoms. The summed E-state index contributed by atoms with van der Waals surface area (Å²) >= 11 is 0. The maximum Gasteiger partial charge on any atom is 0.417 e. The van der Waals surface area contributed by atoms with E-state index in [1.54, 1.807) is 24.1 Å². The van der Waals surface area contributed by atoms with Crippen molar-refractivity contribution in [3.8, 4) is 16.9 Å². The van der Waals surface area contributed by atoms with Crippen molar-refractivity contribution in [2.24, 2.45) is 0 Å². The Balaban J connectivity index is 1.60. The molecule has 8 nitrogen and oxygen atoms in total. The van der Waals surface area contributed by atoms with Gasteiger partial charge in [0, 0.05) is 50.2 Å². The van der Waals surface area contributed by atoms with Crippen molar-refractivity contribution in [3.05, 3.63) is 47.7 Å². The molecule has 1 fully saturated rings. The number of aromatic nitrogens is 1. The quantitative estimate of drug-likeness (QED) is 0.419. The number of likely N-dealkylation sites (N-methyl/N-ethyl adjacent to an activating group) is 1. The Morgan fingerprint density at radius 1 is 1.14 bits per heavy atom. The average Bonchev–Trinajstić information content (AvgIpc) is 2.89. The molecule has 1 saturated heterocycles. The Morgan fingerprint density at radius 3 is 2.55 bits per heavy atom. The second kappa shape index (κ2) is 10.8.